The number of rotatable bonds is 6. The normalized spacial score (nSPS) is 15.7. The third kappa shape index (κ3) is 9.23. The Kier molecular flexibility index (Phi) is 12.3. The molecule has 0 radical (unpaired) electrons. The Bertz CT molecular complexity index is 2550. The Balaban J connectivity index is 0.000000186. The van der Waals surface area contributed by atoms with Gasteiger partial charge in [0.15, 0.2) is 11.6 Å². The van der Waals surface area contributed by atoms with Crippen LogP contribution in [0.2, 0.25) is 5.02 Å². The zero-order valence-corrected chi connectivity index (χ0v) is 40.0. The van der Waals surface area contributed by atoms with E-state index in [1.165, 1.54) is 20.9 Å². The van der Waals surface area contributed by atoms with E-state index in [1.807, 2.05) is 84.2 Å². The predicted octanol–water partition coefficient (Wildman–Crippen LogP) is 10.7. The number of aliphatic imine (C=N–C) groups is 2. The van der Waals surface area contributed by atoms with Crippen LogP contribution in [0.4, 0.5) is 0 Å². The third-order valence-electron chi connectivity index (χ3n) is 10.5. The Morgan fingerprint density at radius 3 is 1.34 bits per heavy atom. The number of esters is 2. The second-order valence-corrected chi connectivity index (χ2v) is 20.6. The molecule has 0 spiro atoms. The molecule has 6 heterocycles. The van der Waals surface area contributed by atoms with Crippen molar-refractivity contribution in [2.24, 2.45) is 9.98 Å². The van der Waals surface area contributed by atoms with E-state index in [-0.39, 0.29) is 24.8 Å². The quantitative estimate of drug-likeness (QED) is 0.151. The molecule has 6 aromatic rings. The first-order valence-corrected chi connectivity index (χ1v) is 22.6. The molecule has 12 nitrogen and oxygen atoms in total. The summed E-state index contributed by atoms with van der Waals surface area (Å²) in [5, 5.41) is 20.2. The van der Waals surface area contributed by atoms with Crippen LogP contribution >= 0.6 is 34.3 Å². The van der Waals surface area contributed by atoms with Crippen molar-refractivity contribution in [1.29, 1.82) is 0 Å². The van der Waals surface area contributed by atoms with Crippen molar-refractivity contribution in [2.75, 3.05) is 0 Å². The van der Waals surface area contributed by atoms with E-state index < -0.39 is 23.3 Å². The minimum Gasteiger partial charge on any atom is -0.460 e. The van der Waals surface area contributed by atoms with Gasteiger partial charge in [0.2, 0.25) is 0 Å². The molecule has 0 unspecified atom stereocenters. The number of ether oxygens (including phenoxy) is 2. The summed E-state index contributed by atoms with van der Waals surface area (Å²) in [5.41, 5.74) is 8.22. The highest BCUT2D eigenvalue weighted by Crippen LogP contribution is 2.41. The van der Waals surface area contributed by atoms with Gasteiger partial charge >= 0.3 is 11.9 Å². The molecule has 2 aliphatic heterocycles. The predicted molar refractivity (Wildman–Crippen MR) is 247 cm³/mol. The van der Waals surface area contributed by atoms with E-state index in [1.54, 1.807) is 22.7 Å². The van der Waals surface area contributed by atoms with Gasteiger partial charge in [-0.25, -0.2) is 0 Å². The van der Waals surface area contributed by atoms with Gasteiger partial charge in [0, 0.05) is 37.0 Å². The molecule has 0 bridgehead atoms. The van der Waals surface area contributed by atoms with Gasteiger partial charge in [-0.15, -0.1) is 43.1 Å². The highest BCUT2D eigenvalue weighted by molar-refractivity contribution is 7.15. The number of aromatic nitrogens is 6. The standard InChI is InChI=1S/C24H28N4O2S.C23H25ClN4O2S/c1-13-8-10-17(11-9-13)21-20-14(2)15(3)31-23(20)28-16(4)26-27-22(28)18(25-21)12-19(29)30-24(5,6)7;1-12-13(2)31-22-19(12)20(15-7-9-16(24)10-8-15)25-17(11-18(29)30-23(4,5)6)21-27-26-14(3)28(21)22/h8-11,18H,12H2,1-7H3;7-10,17H,11H2,1-6H3/t18-;17-/m10/s1. The average molecular weight is 894 g/mol. The van der Waals surface area contributed by atoms with Crippen molar-refractivity contribution in [3.05, 3.63) is 126 Å². The van der Waals surface area contributed by atoms with Gasteiger partial charge in [0.25, 0.3) is 0 Å². The molecular formula is C47H53ClN8O4S2. The molecule has 15 heteroatoms. The van der Waals surface area contributed by atoms with Crippen LogP contribution in [0.15, 0.2) is 58.5 Å². The molecule has 0 N–H and O–H groups in total. The number of nitrogens with zero attached hydrogens (tertiary/aromatic N) is 8. The Morgan fingerprint density at radius 2 is 0.968 bits per heavy atom. The minimum absolute atomic E-state index is 0.0828. The summed E-state index contributed by atoms with van der Waals surface area (Å²) in [4.78, 5) is 38.1. The van der Waals surface area contributed by atoms with Crippen LogP contribution in [0.25, 0.3) is 10.0 Å². The molecule has 0 saturated carbocycles. The number of hydrogen-bond donors (Lipinski definition) is 0. The lowest BCUT2D eigenvalue weighted by atomic mass is 9.99. The van der Waals surface area contributed by atoms with Crippen LogP contribution in [-0.4, -0.2) is 64.1 Å². The highest BCUT2D eigenvalue weighted by Gasteiger charge is 2.35. The molecule has 2 atom stereocenters. The van der Waals surface area contributed by atoms with E-state index in [2.05, 4.69) is 83.8 Å². The zero-order valence-electron chi connectivity index (χ0n) is 37.6. The van der Waals surface area contributed by atoms with E-state index in [0.717, 1.165) is 60.9 Å². The van der Waals surface area contributed by atoms with Gasteiger partial charge in [-0.1, -0.05) is 53.6 Å². The second kappa shape index (κ2) is 17.1. The summed E-state index contributed by atoms with van der Waals surface area (Å²) in [6.07, 6.45) is 0.192. The topological polar surface area (TPSA) is 139 Å². The first kappa shape index (κ1) is 44.7. The van der Waals surface area contributed by atoms with Crippen molar-refractivity contribution in [3.8, 4) is 10.0 Å². The summed E-state index contributed by atoms with van der Waals surface area (Å²) in [5.74, 6) is 2.26. The van der Waals surface area contributed by atoms with Gasteiger partial charge in [-0.05, 0) is 113 Å². The number of aryl methyl sites for hydroxylation is 5. The maximum Gasteiger partial charge on any atom is 0.308 e. The Labute approximate surface area is 376 Å². The second-order valence-electron chi connectivity index (χ2n) is 17.7. The van der Waals surface area contributed by atoms with E-state index in [9.17, 15) is 9.59 Å². The molecule has 62 heavy (non-hydrogen) atoms. The number of fused-ring (bicyclic) bond motifs is 6. The fourth-order valence-corrected chi connectivity index (χ4v) is 10.0. The lowest BCUT2D eigenvalue weighted by Crippen LogP contribution is -2.25. The van der Waals surface area contributed by atoms with Crippen LogP contribution < -0.4 is 0 Å². The Morgan fingerprint density at radius 1 is 0.597 bits per heavy atom. The molecule has 0 aliphatic carbocycles. The maximum absolute atomic E-state index is 12.7. The van der Waals surface area contributed by atoms with Crippen LogP contribution in [0.5, 0.6) is 0 Å². The van der Waals surface area contributed by atoms with Gasteiger partial charge in [-0.3, -0.25) is 28.7 Å². The molecule has 8 rings (SSSR count). The van der Waals surface area contributed by atoms with E-state index >= 15 is 0 Å². The smallest absolute Gasteiger partial charge is 0.308 e. The Hall–Kier alpha value is -5.31. The van der Waals surface area contributed by atoms with E-state index in [0.29, 0.717) is 16.7 Å². The molecular weight excluding hydrogens is 840 g/mol. The molecule has 2 aromatic carbocycles. The fourth-order valence-electron chi connectivity index (χ4n) is 7.45. The third-order valence-corrected chi connectivity index (χ3v) is 13.1. The number of benzene rings is 2. The van der Waals surface area contributed by atoms with Crippen LogP contribution in [-0.2, 0) is 19.1 Å². The van der Waals surface area contributed by atoms with Gasteiger partial charge < -0.3 is 9.47 Å². The molecule has 324 valence electrons. The fraction of sp³-hybridized carbons (Fsp3) is 0.404. The highest BCUT2D eigenvalue weighted by atomic mass is 35.5. The molecule has 0 saturated heterocycles. The van der Waals surface area contributed by atoms with Crippen molar-refractivity contribution in [1.82, 2.24) is 29.5 Å². The summed E-state index contributed by atoms with van der Waals surface area (Å²) in [6.45, 7) is 25.6. The van der Waals surface area contributed by atoms with E-state index in [4.69, 9.17) is 31.1 Å². The SMILES string of the molecule is Cc1ccc(C2=N[C@H](CC(=O)OC(C)(C)C)c3nnc(C)n3-c3sc(C)c(C)c32)cc1.Cc1sc2c(c1C)C(c1ccc(Cl)cc1)=N[C@@H](CC(=O)OC(C)(C)C)c1nnc(C)n1-2. The largest absolute Gasteiger partial charge is 0.460 e. The van der Waals surface area contributed by atoms with Crippen molar-refractivity contribution >= 4 is 57.6 Å². The number of carbonyl (C=O) groups is 2. The average Bonchev–Trinajstić information content (AvgIpc) is 3.86. The zero-order chi connectivity index (χ0) is 45.0. The minimum atomic E-state index is -0.569. The first-order valence-electron chi connectivity index (χ1n) is 20.6. The first-order chi connectivity index (χ1) is 29.1. The molecule has 4 aromatic heterocycles. The molecule has 2 aliphatic rings. The number of hydrogen-bond acceptors (Lipinski definition) is 12. The number of halogens is 1. The molecule has 0 fully saturated rings. The lowest BCUT2D eigenvalue weighted by Gasteiger charge is -2.21. The van der Waals surface area contributed by atoms with Crippen molar-refractivity contribution in [2.45, 2.75) is 126 Å². The van der Waals surface area contributed by atoms with Crippen LogP contribution in [0.3, 0.4) is 0 Å². The number of carbonyl (C=O) groups excluding carboxylic acids is 2. The number of thiophene rings is 2. The van der Waals surface area contributed by atoms with Gasteiger partial charge in [0.05, 0.1) is 24.3 Å². The van der Waals surface area contributed by atoms with Crippen LogP contribution in [0.1, 0.15) is 138 Å². The molecule has 0 amide bonds. The summed E-state index contributed by atoms with van der Waals surface area (Å²) in [7, 11) is 0. The lowest BCUT2D eigenvalue weighted by molar-refractivity contribution is -0.156. The maximum atomic E-state index is 12.7. The summed E-state index contributed by atoms with van der Waals surface area (Å²) >= 11 is 9.53. The monoisotopic (exact) mass is 892 g/mol. The van der Waals surface area contributed by atoms with Crippen molar-refractivity contribution in [3.63, 3.8) is 0 Å². The summed E-state index contributed by atoms with van der Waals surface area (Å²) in [6, 6.07) is 15.0. The summed E-state index contributed by atoms with van der Waals surface area (Å²) < 4.78 is 15.3. The van der Waals surface area contributed by atoms with Gasteiger partial charge in [0.1, 0.15) is 44.9 Å². The van der Waals surface area contributed by atoms with Crippen molar-refractivity contribution < 1.29 is 19.1 Å². The van der Waals surface area contributed by atoms with Crippen LogP contribution in [0, 0.1) is 48.5 Å². The van der Waals surface area contributed by atoms with Gasteiger partial charge in [-0.2, -0.15) is 0 Å².